The van der Waals surface area contributed by atoms with E-state index >= 15 is 0 Å². The summed E-state index contributed by atoms with van der Waals surface area (Å²) in [5.41, 5.74) is 7.03. The van der Waals surface area contributed by atoms with Crippen molar-refractivity contribution in [2.75, 3.05) is 0 Å². The van der Waals surface area contributed by atoms with E-state index < -0.39 is 0 Å². The maximum Gasteiger partial charge on any atom is 0.0541 e. The van der Waals surface area contributed by atoms with Crippen molar-refractivity contribution < 1.29 is 0 Å². The summed E-state index contributed by atoms with van der Waals surface area (Å²) in [5.74, 6) is 0. The van der Waals surface area contributed by atoms with Gasteiger partial charge in [0, 0.05) is 21.1 Å². The average Bonchev–Trinajstić information content (AvgIpc) is 3.01. The molecule has 132 valence electrons. The van der Waals surface area contributed by atoms with Gasteiger partial charge >= 0.3 is 0 Å². The topological polar surface area (TPSA) is 4.93 Å². The Labute approximate surface area is 168 Å². The van der Waals surface area contributed by atoms with Gasteiger partial charge in [-0.15, -0.1) is 0 Å². The quantitative estimate of drug-likeness (QED) is 0.322. The van der Waals surface area contributed by atoms with Crippen molar-refractivity contribution in [1.29, 1.82) is 0 Å². The number of allylic oxidation sites excluding steroid dienone is 1. The first-order valence-electron chi connectivity index (χ1n) is 8.98. The Balaban J connectivity index is 1.99. The molecular formula is C25H20BrN. The number of hydrogen-bond acceptors (Lipinski definition) is 0. The Bertz CT molecular complexity index is 1160. The standard InChI is InChI=1S/C25H20BrN/c1-3-9-24-22(4-2)23-14-5-6-15-25(23)27(24)21-13-8-11-19(17-21)18-10-7-12-20(26)16-18/h3-17H,2H2,1H3/b9-3-. The van der Waals surface area contributed by atoms with Gasteiger partial charge in [-0.25, -0.2) is 0 Å². The third kappa shape index (κ3) is 3.17. The van der Waals surface area contributed by atoms with Crippen LogP contribution in [0, 0.1) is 0 Å². The highest BCUT2D eigenvalue weighted by Gasteiger charge is 2.14. The van der Waals surface area contributed by atoms with Crippen molar-refractivity contribution in [2.24, 2.45) is 0 Å². The van der Waals surface area contributed by atoms with Gasteiger partial charge < -0.3 is 4.57 Å². The highest BCUT2D eigenvalue weighted by molar-refractivity contribution is 9.10. The number of halogens is 1. The summed E-state index contributed by atoms with van der Waals surface area (Å²) in [5, 5.41) is 1.22. The van der Waals surface area contributed by atoms with Gasteiger partial charge in [0.1, 0.15) is 0 Å². The molecule has 0 aliphatic carbocycles. The molecule has 0 amide bonds. The maximum atomic E-state index is 4.05. The molecule has 1 heterocycles. The molecule has 0 saturated heterocycles. The number of aromatic nitrogens is 1. The van der Waals surface area contributed by atoms with Gasteiger partial charge in [-0.2, -0.15) is 0 Å². The maximum absolute atomic E-state index is 4.05. The number of fused-ring (bicyclic) bond motifs is 1. The molecule has 1 nitrogen and oxygen atoms in total. The molecule has 4 rings (SSSR count). The van der Waals surface area contributed by atoms with E-state index in [0.717, 1.165) is 21.4 Å². The van der Waals surface area contributed by atoms with E-state index in [1.54, 1.807) is 0 Å². The number of rotatable bonds is 4. The predicted molar refractivity (Wildman–Crippen MR) is 121 cm³/mol. The molecule has 3 aromatic carbocycles. The van der Waals surface area contributed by atoms with Gasteiger partial charge in [-0.3, -0.25) is 0 Å². The molecule has 0 unspecified atom stereocenters. The minimum absolute atomic E-state index is 1.08. The highest BCUT2D eigenvalue weighted by atomic mass is 79.9. The third-order valence-electron chi connectivity index (χ3n) is 4.74. The zero-order valence-corrected chi connectivity index (χ0v) is 16.8. The molecule has 0 saturated carbocycles. The molecule has 1 aromatic heterocycles. The summed E-state index contributed by atoms with van der Waals surface area (Å²) in [6, 6.07) is 25.6. The molecule has 4 aromatic rings. The van der Waals surface area contributed by atoms with Crippen LogP contribution in [0.5, 0.6) is 0 Å². The van der Waals surface area contributed by atoms with Crippen LogP contribution in [0.2, 0.25) is 0 Å². The second-order valence-corrected chi connectivity index (χ2v) is 7.33. The van der Waals surface area contributed by atoms with Crippen molar-refractivity contribution in [3.8, 4) is 16.8 Å². The largest absolute Gasteiger partial charge is 0.309 e. The molecule has 0 fully saturated rings. The van der Waals surface area contributed by atoms with Crippen LogP contribution < -0.4 is 0 Å². The monoisotopic (exact) mass is 413 g/mol. The minimum atomic E-state index is 1.08. The molecule has 2 heteroatoms. The second-order valence-electron chi connectivity index (χ2n) is 6.42. The highest BCUT2D eigenvalue weighted by Crippen LogP contribution is 2.33. The molecule has 27 heavy (non-hydrogen) atoms. The first kappa shape index (κ1) is 17.6. The van der Waals surface area contributed by atoms with Crippen molar-refractivity contribution in [2.45, 2.75) is 6.92 Å². The fourth-order valence-corrected chi connectivity index (χ4v) is 3.99. The Hall–Kier alpha value is -2.84. The SMILES string of the molecule is C=Cc1c(/C=C\C)n(-c2cccc(-c3cccc(Br)c3)c2)c2ccccc12. The van der Waals surface area contributed by atoms with Crippen LogP contribution in [-0.4, -0.2) is 4.57 Å². The van der Waals surface area contributed by atoms with Gasteiger partial charge in [-0.05, 0) is 54.5 Å². The van der Waals surface area contributed by atoms with Gasteiger partial charge in [0.2, 0.25) is 0 Å². The zero-order chi connectivity index (χ0) is 18.8. The van der Waals surface area contributed by atoms with Gasteiger partial charge in [0.15, 0.2) is 0 Å². The molecule has 0 aliphatic rings. The first-order chi connectivity index (χ1) is 13.2. The van der Waals surface area contributed by atoms with Gasteiger partial charge in [-0.1, -0.05) is 77.1 Å². The second kappa shape index (κ2) is 7.42. The molecule has 0 bridgehead atoms. The summed E-state index contributed by atoms with van der Waals surface area (Å²) >= 11 is 3.57. The Morgan fingerprint density at radius 1 is 0.889 bits per heavy atom. The molecule has 0 radical (unpaired) electrons. The van der Waals surface area contributed by atoms with Crippen LogP contribution in [0.1, 0.15) is 18.2 Å². The molecule has 0 N–H and O–H groups in total. The third-order valence-corrected chi connectivity index (χ3v) is 5.24. The van der Waals surface area contributed by atoms with Crippen LogP contribution in [0.3, 0.4) is 0 Å². The van der Waals surface area contributed by atoms with Gasteiger partial charge in [0.25, 0.3) is 0 Å². The fourth-order valence-electron chi connectivity index (χ4n) is 3.59. The lowest BCUT2D eigenvalue weighted by molar-refractivity contribution is 1.11. The van der Waals surface area contributed by atoms with Crippen molar-refractivity contribution >= 4 is 39.0 Å². The van der Waals surface area contributed by atoms with Crippen LogP contribution in [-0.2, 0) is 0 Å². The summed E-state index contributed by atoms with van der Waals surface area (Å²) in [4.78, 5) is 0. The molecular weight excluding hydrogens is 394 g/mol. The predicted octanol–water partition coefficient (Wildman–Crippen LogP) is 7.74. The lowest BCUT2D eigenvalue weighted by Crippen LogP contribution is -1.97. The van der Waals surface area contributed by atoms with Crippen LogP contribution in [0.25, 0.3) is 39.9 Å². The number of benzene rings is 3. The van der Waals surface area contributed by atoms with E-state index in [2.05, 4.69) is 106 Å². The normalized spacial score (nSPS) is 11.3. The van der Waals surface area contributed by atoms with E-state index in [9.17, 15) is 0 Å². The van der Waals surface area contributed by atoms with Crippen molar-refractivity contribution in [3.63, 3.8) is 0 Å². The summed E-state index contributed by atoms with van der Waals surface area (Å²) in [7, 11) is 0. The number of hydrogen-bond donors (Lipinski definition) is 0. The Kier molecular flexibility index (Phi) is 4.83. The zero-order valence-electron chi connectivity index (χ0n) is 15.2. The Morgan fingerprint density at radius 2 is 1.63 bits per heavy atom. The lowest BCUT2D eigenvalue weighted by Gasteiger charge is -2.12. The van der Waals surface area contributed by atoms with Crippen molar-refractivity contribution in [3.05, 3.63) is 101 Å². The van der Waals surface area contributed by atoms with E-state index in [-0.39, 0.29) is 0 Å². The van der Waals surface area contributed by atoms with E-state index in [4.69, 9.17) is 0 Å². The molecule has 0 aliphatic heterocycles. The molecule has 0 atom stereocenters. The summed E-state index contributed by atoms with van der Waals surface area (Å²) in [6.45, 7) is 6.10. The average molecular weight is 414 g/mol. The lowest BCUT2D eigenvalue weighted by atomic mass is 10.1. The minimum Gasteiger partial charge on any atom is -0.309 e. The fraction of sp³-hybridized carbons (Fsp3) is 0.0400. The number of nitrogens with zero attached hydrogens (tertiary/aromatic N) is 1. The summed E-state index contributed by atoms with van der Waals surface area (Å²) in [6.07, 6.45) is 6.19. The summed E-state index contributed by atoms with van der Waals surface area (Å²) < 4.78 is 3.40. The van der Waals surface area contributed by atoms with E-state index in [1.807, 2.05) is 19.1 Å². The smallest absolute Gasteiger partial charge is 0.0541 e. The Morgan fingerprint density at radius 3 is 2.37 bits per heavy atom. The van der Waals surface area contributed by atoms with Crippen molar-refractivity contribution in [1.82, 2.24) is 4.57 Å². The van der Waals surface area contributed by atoms with E-state index in [0.29, 0.717) is 0 Å². The number of para-hydroxylation sites is 1. The molecule has 0 spiro atoms. The van der Waals surface area contributed by atoms with Gasteiger partial charge in [0.05, 0.1) is 11.2 Å². The van der Waals surface area contributed by atoms with E-state index in [1.165, 1.54) is 22.0 Å². The van der Waals surface area contributed by atoms with Crippen LogP contribution in [0.15, 0.2) is 89.9 Å². The van der Waals surface area contributed by atoms with Crippen LogP contribution in [0.4, 0.5) is 0 Å². The van der Waals surface area contributed by atoms with Crippen LogP contribution >= 0.6 is 15.9 Å². The first-order valence-corrected chi connectivity index (χ1v) is 9.77.